The zero-order chi connectivity index (χ0) is 14.7. The van der Waals surface area contributed by atoms with Gasteiger partial charge in [0.1, 0.15) is 5.82 Å². The summed E-state index contributed by atoms with van der Waals surface area (Å²) in [5.41, 5.74) is 4.82. The number of nitrogen functional groups attached to an aromatic ring is 1. The number of anilines is 1. The van der Waals surface area contributed by atoms with Gasteiger partial charge in [0.2, 0.25) is 0 Å². The molecule has 0 saturated carbocycles. The molecule has 0 radical (unpaired) electrons. The Balaban J connectivity index is 2.33. The molecule has 3 nitrogen and oxygen atoms in total. The quantitative estimate of drug-likeness (QED) is 0.846. The third kappa shape index (κ3) is 2.92. The molecule has 0 aromatic heterocycles. The van der Waals surface area contributed by atoms with Crippen molar-refractivity contribution in [1.29, 1.82) is 0 Å². The third-order valence-electron chi connectivity index (χ3n) is 3.91. The van der Waals surface area contributed by atoms with Crippen molar-refractivity contribution in [2.45, 2.75) is 45.1 Å². The van der Waals surface area contributed by atoms with E-state index in [0.29, 0.717) is 6.54 Å². The second-order valence-electron chi connectivity index (χ2n) is 5.27. The molecular formula is C15H20F2N2O. The van der Waals surface area contributed by atoms with Crippen LogP contribution in [0.3, 0.4) is 0 Å². The molecule has 1 aromatic carbocycles. The molecule has 5 heteroatoms. The molecule has 1 amide bonds. The second-order valence-corrected chi connectivity index (χ2v) is 5.27. The van der Waals surface area contributed by atoms with Gasteiger partial charge in [-0.15, -0.1) is 0 Å². The van der Waals surface area contributed by atoms with E-state index in [2.05, 4.69) is 0 Å². The summed E-state index contributed by atoms with van der Waals surface area (Å²) in [6, 6.07) is 1.92. The predicted molar refractivity (Wildman–Crippen MR) is 74.4 cm³/mol. The van der Waals surface area contributed by atoms with Crippen LogP contribution >= 0.6 is 0 Å². The van der Waals surface area contributed by atoms with Crippen LogP contribution in [0.5, 0.6) is 0 Å². The fourth-order valence-electron chi connectivity index (χ4n) is 2.79. The fourth-order valence-corrected chi connectivity index (χ4v) is 2.79. The molecule has 110 valence electrons. The maximum Gasteiger partial charge on any atom is 0.257 e. The van der Waals surface area contributed by atoms with E-state index in [1.807, 2.05) is 6.92 Å². The van der Waals surface area contributed by atoms with E-state index in [-0.39, 0.29) is 17.3 Å². The molecule has 1 fully saturated rings. The van der Waals surface area contributed by atoms with Crippen molar-refractivity contribution < 1.29 is 13.6 Å². The Labute approximate surface area is 117 Å². The van der Waals surface area contributed by atoms with E-state index in [0.717, 1.165) is 44.2 Å². The number of carbonyl (C=O) groups is 1. The molecule has 1 heterocycles. The number of likely N-dealkylation sites (tertiary alicyclic amines) is 1. The zero-order valence-corrected chi connectivity index (χ0v) is 11.7. The Kier molecular flexibility index (Phi) is 4.57. The molecule has 20 heavy (non-hydrogen) atoms. The Morgan fingerprint density at radius 1 is 1.35 bits per heavy atom. The molecule has 1 unspecified atom stereocenters. The summed E-state index contributed by atoms with van der Waals surface area (Å²) < 4.78 is 27.4. The smallest absolute Gasteiger partial charge is 0.257 e. The number of hydrogen-bond acceptors (Lipinski definition) is 2. The number of benzene rings is 1. The Morgan fingerprint density at radius 3 is 2.80 bits per heavy atom. The molecule has 1 aromatic rings. The fraction of sp³-hybridized carbons (Fsp3) is 0.533. The van der Waals surface area contributed by atoms with Gasteiger partial charge in [-0.25, -0.2) is 8.78 Å². The van der Waals surface area contributed by atoms with Gasteiger partial charge in [-0.2, -0.15) is 0 Å². The molecule has 2 rings (SSSR count). The number of nitrogens with two attached hydrogens (primary N) is 1. The van der Waals surface area contributed by atoms with Crippen molar-refractivity contribution in [2.75, 3.05) is 12.3 Å². The van der Waals surface area contributed by atoms with Gasteiger partial charge >= 0.3 is 0 Å². The minimum atomic E-state index is -0.824. The van der Waals surface area contributed by atoms with Crippen LogP contribution in [0.2, 0.25) is 0 Å². The highest BCUT2D eigenvalue weighted by Gasteiger charge is 2.27. The van der Waals surface area contributed by atoms with Crippen LogP contribution in [0.1, 0.15) is 49.4 Å². The van der Waals surface area contributed by atoms with Gasteiger partial charge in [0.05, 0.1) is 11.3 Å². The third-order valence-corrected chi connectivity index (χ3v) is 3.91. The van der Waals surface area contributed by atoms with Gasteiger partial charge in [-0.05, 0) is 31.4 Å². The van der Waals surface area contributed by atoms with Crippen LogP contribution in [-0.4, -0.2) is 23.4 Å². The summed E-state index contributed by atoms with van der Waals surface area (Å²) >= 11 is 0. The van der Waals surface area contributed by atoms with Crippen molar-refractivity contribution in [2.24, 2.45) is 0 Å². The van der Waals surface area contributed by atoms with Gasteiger partial charge in [0.15, 0.2) is 5.82 Å². The van der Waals surface area contributed by atoms with Crippen LogP contribution in [0.25, 0.3) is 0 Å². The van der Waals surface area contributed by atoms with Gasteiger partial charge < -0.3 is 10.6 Å². The first-order valence-corrected chi connectivity index (χ1v) is 7.10. The summed E-state index contributed by atoms with van der Waals surface area (Å²) in [5, 5.41) is 0. The van der Waals surface area contributed by atoms with Crippen LogP contribution in [0.15, 0.2) is 12.1 Å². The Hall–Kier alpha value is -1.65. The van der Waals surface area contributed by atoms with Crippen LogP contribution in [0.4, 0.5) is 14.5 Å². The Bertz CT molecular complexity index is 505. The molecular weight excluding hydrogens is 262 g/mol. The summed E-state index contributed by atoms with van der Waals surface area (Å²) in [6.07, 6.45) is 4.76. The minimum Gasteiger partial charge on any atom is -0.396 e. The number of hydrogen-bond donors (Lipinski definition) is 1. The van der Waals surface area contributed by atoms with Gasteiger partial charge in [0.25, 0.3) is 5.91 Å². The van der Waals surface area contributed by atoms with E-state index in [1.54, 1.807) is 4.90 Å². The van der Waals surface area contributed by atoms with Crippen molar-refractivity contribution in [1.82, 2.24) is 4.90 Å². The minimum absolute atomic E-state index is 0.0916. The average Bonchev–Trinajstić information content (AvgIpc) is 2.67. The van der Waals surface area contributed by atoms with Crippen molar-refractivity contribution in [3.8, 4) is 0 Å². The number of rotatable bonds is 2. The topological polar surface area (TPSA) is 46.3 Å². The van der Waals surface area contributed by atoms with E-state index >= 15 is 0 Å². The van der Waals surface area contributed by atoms with Gasteiger partial charge in [-0.3, -0.25) is 4.79 Å². The van der Waals surface area contributed by atoms with E-state index in [1.165, 1.54) is 0 Å². The predicted octanol–water partition coefficient (Wildman–Crippen LogP) is 3.34. The summed E-state index contributed by atoms with van der Waals surface area (Å²) in [4.78, 5) is 14.2. The molecule has 0 spiro atoms. The first kappa shape index (κ1) is 14.8. The largest absolute Gasteiger partial charge is 0.396 e. The van der Waals surface area contributed by atoms with Crippen LogP contribution in [-0.2, 0) is 0 Å². The summed E-state index contributed by atoms with van der Waals surface area (Å²) in [5.74, 6) is -1.96. The molecule has 0 aliphatic carbocycles. The highest BCUT2D eigenvalue weighted by atomic mass is 19.1. The molecule has 1 atom stereocenters. The number of amides is 1. The van der Waals surface area contributed by atoms with Crippen LogP contribution < -0.4 is 5.73 Å². The van der Waals surface area contributed by atoms with E-state index in [9.17, 15) is 13.6 Å². The Morgan fingerprint density at radius 2 is 2.10 bits per heavy atom. The lowest BCUT2D eigenvalue weighted by Gasteiger charge is -2.29. The zero-order valence-electron chi connectivity index (χ0n) is 11.7. The standard InChI is InChI=1S/C15H20F2N2O/c1-2-11-6-4-3-5-7-19(11)15(20)12-8-10(16)9-13(18)14(12)17/h8-9,11H,2-7,18H2,1H3. The molecule has 1 aliphatic heterocycles. The van der Waals surface area contributed by atoms with Crippen LogP contribution in [0, 0.1) is 11.6 Å². The molecule has 2 N–H and O–H groups in total. The molecule has 0 bridgehead atoms. The van der Waals surface area contributed by atoms with Crippen molar-refractivity contribution in [3.63, 3.8) is 0 Å². The van der Waals surface area contributed by atoms with E-state index in [4.69, 9.17) is 5.73 Å². The number of nitrogens with zero attached hydrogens (tertiary/aromatic N) is 1. The van der Waals surface area contributed by atoms with E-state index < -0.39 is 17.5 Å². The SMILES string of the molecule is CCC1CCCCCN1C(=O)c1cc(F)cc(N)c1F. The maximum absolute atomic E-state index is 14.0. The van der Waals surface area contributed by atoms with Crippen molar-refractivity contribution in [3.05, 3.63) is 29.3 Å². The molecule has 1 saturated heterocycles. The van der Waals surface area contributed by atoms with Gasteiger partial charge in [0, 0.05) is 12.6 Å². The monoisotopic (exact) mass is 282 g/mol. The highest BCUT2D eigenvalue weighted by Crippen LogP contribution is 2.24. The molecule has 1 aliphatic rings. The highest BCUT2D eigenvalue weighted by molar-refractivity contribution is 5.95. The van der Waals surface area contributed by atoms with Gasteiger partial charge in [-0.1, -0.05) is 19.8 Å². The second kappa shape index (κ2) is 6.20. The van der Waals surface area contributed by atoms with Crippen molar-refractivity contribution >= 4 is 11.6 Å². The number of halogens is 2. The lowest BCUT2D eigenvalue weighted by molar-refractivity contribution is 0.0673. The normalized spacial score (nSPS) is 19.8. The summed E-state index contributed by atoms with van der Waals surface area (Å²) in [6.45, 7) is 2.60. The lowest BCUT2D eigenvalue weighted by Crippen LogP contribution is -2.40. The summed E-state index contributed by atoms with van der Waals surface area (Å²) in [7, 11) is 0. The first-order valence-electron chi connectivity index (χ1n) is 7.10. The average molecular weight is 282 g/mol. The first-order chi connectivity index (χ1) is 9.54. The lowest BCUT2D eigenvalue weighted by atomic mass is 10.1. The maximum atomic E-state index is 14.0. The number of carbonyl (C=O) groups excluding carboxylic acids is 1.